The average molecular weight is 337 g/mol. The van der Waals surface area contributed by atoms with Crippen molar-refractivity contribution in [2.24, 2.45) is 0 Å². The molecule has 0 unspecified atom stereocenters. The number of hydrogen-bond donors (Lipinski definition) is 1. The van der Waals surface area contributed by atoms with E-state index in [1.807, 2.05) is 0 Å². The molecule has 0 radical (unpaired) electrons. The van der Waals surface area contributed by atoms with Gasteiger partial charge in [0, 0.05) is 5.56 Å². The SMILES string of the molecule is CC(C)(C)OC(=O)NC1(c2nc(-c3ccc(F)c(F)c3)no2)CC1. The number of amides is 1. The molecule has 0 spiro atoms. The number of hydrogen-bond acceptors (Lipinski definition) is 5. The summed E-state index contributed by atoms with van der Waals surface area (Å²) in [7, 11) is 0. The number of carbonyl (C=O) groups excluding carboxylic acids is 1. The molecule has 0 saturated heterocycles. The van der Waals surface area contributed by atoms with Crippen molar-refractivity contribution in [2.75, 3.05) is 0 Å². The van der Waals surface area contributed by atoms with E-state index in [2.05, 4.69) is 15.5 Å². The first-order chi connectivity index (χ1) is 11.2. The second kappa shape index (κ2) is 5.54. The van der Waals surface area contributed by atoms with Crippen molar-refractivity contribution in [3.05, 3.63) is 35.7 Å². The number of alkyl carbamates (subject to hydrolysis) is 1. The van der Waals surface area contributed by atoms with Crippen molar-refractivity contribution < 1.29 is 22.8 Å². The van der Waals surface area contributed by atoms with Crippen molar-refractivity contribution in [1.29, 1.82) is 0 Å². The third-order valence-corrected chi connectivity index (χ3v) is 3.50. The van der Waals surface area contributed by atoms with Crippen molar-refractivity contribution in [2.45, 2.75) is 44.8 Å². The Bertz CT molecular complexity index is 779. The number of halogens is 2. The van der Waals surface area contributed by atoms with E-state index in [0.29, 0.717) is 12.8 Å². The molecule has 1 aliphatic rings. The Hall–Kier alpha value is -2.51. The third-order valence-electron chi connectivity index (χ3n) is 3.50. The van der Waals surface area contributed by atoms with Gasteiger partial charge in [-0.15, -0.1) is 0 Å². The molecule has 0 bridgehead atoms. The molecular weight excluding hydrogens is 320 g/mol. The van der Waals surface area contributed by atoms with Crippen molar-refractivity contribution >= 4 is 6.09 Å². The van der Waals surface area contributed by atoms with Gasteiger partial charge in [-0.1, -0.05) is 5.16 Å². The Kier molecular flexibility index (Phi) is 3.77. The van der Waals surface area contributed by atoms with Crippen LogP contribution in [0.2, 0.25) is 0 Å². The fraction of sp³-hybridized carbons (Fsp3) is 0.438. The van der Waals surface area contributed by atoms with E-state index in [9.17, 15) is 13.6 Å². The molecule has 1 heterocycles. The first-order valence-electron chi connectivity index (χ1n) is 7.49. The van der Waals surface area contributed by atoms with E-state index >= 15 is 0 Å². The van der Waals surface area contributed by atoms with Crippen LogP contribution in [-0.4, -0.2) is 21.8 Å². The number of ether oxygens (including phenoxy) is 1. The lowest BCUT2D eigenvalue weighted by atomic mass is 10.2. The summed E-state index contributed by atoms with van der Waals surface area (Å²) in [6, 6.07) is 3.34. The average Bonchev–Trinajstić information content (AvgIpc) is 3.06. The van der Waals surface area contributed by atoms with Gasteiger partial charge in [0.15, 0.2) is 11.6 Å². The van der Waals surface area contributed by atoms with Gasteiger partial charge in [0.1, 0.15) is 11.1 Å². The van der Waals surface area contributed by atoms with Crippen LogP contribution in [0.3, 0.4) is 0 Å². The molecule has 128 valence electrons. The maximum atomic E-state index is 13.3. The van der Waals surface area contributed by atoms with Crippen LogP contribution in [0.5, 0.6) is 0 Å². The minimum absolute atomic E-state index is 0.126. The largest absolute Gasteiger partial charge is 0.444 e. The molecule has 1 aromatic heterocycles. The Morgan fingerprint density at radius 3 is 2.58 bits per heavy atom. The fourth-order valence-electron chi connectivity index (χ4n) is 2.19. The summed E-state index contributed by atoms with van der Waals surface area (Å²) in [4.78, 5) is 16.1. The van der Waals surface area contributed by atoms with Crippen molar-refractivity contribution in [1.82, 2.24) is 15.5 Å². The standard InChI is InChI=1S/C16H17F2N3O3/c1-15(2,3)23-14(22)20-16(6-7-16)13-19-12(21-24-13)9-4-5-10(17)11(18)8-9/h4-5,8H,6-7H2,1-3H3,(H,20,22). The van der Waals surface area contributed by atoms with E-state index in [1.165, 1.54) is 6.07 Å². The molecule has 1 aliphatic carbocycles. The summed E-state index contributed by atoms with van der Waals surface area (Å²) in [6.45, 7) is 5.29. The van der Waals surface area contributed by atoms with Crippen LogP contribution in [0.1, 0.15) is 39.5 Å². The molecule has 8 heteroatoms. The molecule has 2 aromatic rings. The van der Waals surface area contributed by atoms with Gasteiger partial charge in [0.2, 0.25) is 5.82 Å². The summed E-state index contributed by atoms with van der Waals surface area (Å²) in [5.41, 5.74) is -1.09. The van der Waals surface area contributed by atoms with E-state index in [4.69, 9.17) is 9.26 Å². The zero-order valence-electron chi connectivity index (χ0n) is 13.5. The quantitative estimate of drug-likeness (QED) is 0.927. The molecule has 24 heavy (non-hydrogen) atoms. The Morgan fingerprint density at radius 2 is 2.00 bits per heavy atom. The third kappa shape index (κ3) is 3.37. The van der Waals surface area contributed by atoms with Gasteiger partial charge in [-0.2, -0.15) is 4.98 Å². The highest BCUT2D eigenvalue weighted by Gasteiger charge is 2.51. The van der Waals surface area contributed by atoms with Gasteiger partial charge in [-0.05, 0) is 51.8 Å². The minimum atomic E-state index is -0.994. The van der Waals surface area contributed by atoms with Gasteiger partial charge >= 0.3 is 6.09 Å². The number of benzene rings is 1. The summed E-state index contributed by atoms with van der Waals surface area (Å²) in [5, 5.41) is 6.51. The Labute approximate surface area is 137 Å². The highest BCUT2D eigenvalue weighted by molar-refractivity contribution is 5.69. The maximum absolute atomic E-state index is 13.3. The highest BCUT2D eigenvalue weighted by Crippen LogP contribution is 2.45. The first-order valence-corrected chi connectivity index (χ1v) is 7.49. The molecule has 0 atom stereocenters. The van der Waals surface area contributed by atoms with Crippen molar-refractivity contribution in [3.8, 4) is 11.4 Å². The summed E-state index contributed by atoms with van der Waals surface area (Å²) < 4.78 is 36.7. The van der Waals surface area contributed by atoms with Gasteiger partial charge in [0.25, 0.3) is 5.89 Å². The van der Waals surface area contributed by atoms with Gasteiger partial charge < -0.3 is 14.6 Å². The molecule has 3 rings (SSSR count). The predicted molar refractivity (Wildman–Crippen MR) is 79.9 cm³/mol. The van der Waals surface area contributed by atoms with Crippen LogP contribution < -0.4 is 5.32 Å². The lowest BCUT2D eigenvalue weighted by molar-refractivity contribution is 0.0483. The monoisotopic (exact) mass is 337 g/mol. The normalized spacial score (nSPS) is 15.9. The molecule has 1 N–H and O–H groups in total. The van der Waals surface area contributed by atoms with Gasteiger partial charge in [-0.25, -0.2) is 13.6 Å². The highest BCUT2D eigenvalue weighted by atomic mass is 19.2. The lowest BCUT2D eigenvalue weighted by Gasteiger charge is -2.21. The summed E-state index contributed by atoms with van der Waals surface area (Å²) in [6.07, 6.45) is 0.685. The number of rotatable bonds is 3. The second-order valence-corrected chi connectivity index (χ2v) is 6.76. The first kappa shape index (κ1) is 16.4. The zero-order valence-corrected chi connectivity index (χ0v) is 13.5. The number of aromatic nitrogens is 2. The summed E-state index contributed by atoms with van der Waals surface area (Å²) >= 11 is 0. The second-order valence-electron chi connectivity index (χ2n) is 6.76. The van der Waals surface area contributed by atoms with E-state index in [-0.39, 0.29) is 17.3 Å². The molecule has 1 amide bonds. The smallest absolute Gasteiger partial charge is 0.408 e. The Balaban J connectivity index is 1.77. The van der Waals surface area contributed by atoms with Crippen molar-refractivity contribution in [3.63, 3.8) is 0 Å². The van der Waals surface area contributed by atoms with E-state index < -0.39 is 28.9 Å². The Morgan fingerprint density at radius 1 is 1.29 bits per heavy atom. The van der Waals surface area contributed by atoms with Gasteiger partial charge in [-0.3, -0.25) is 0 Å². The topological polar surface area (TPSA) is 77.2 Å². The zero-order chi connectivity index (χ0) is 17.5. The van der Waals surface area contributed by atoms with Crippen LogP contribution in [0.4, 0.5) is 13.6 Å². The van der Waals surface area contributed by atoms with Crippen LogP contribution in [-0.2, 0) is 10.3 Å². The lowest BCUT2D eigenvalue weighted by Crippen LogP contribution is -2.39. The number of nitrogens with zero attached hydrogens (tertiary/aromatic N) is 2. The van der Waals surface area contributed by atoms with Crippen LogP contribution >= 0.6 is 0 Å². The number of nitrogens with one attached hydrogen (secondary N) is 1. The molecule has 1 fully saturated rings. The van der Waals surface area contributed by atoms with E-state index in [1.54, 1.807) is 20.8 Å². The molecule has 0 aliphatic heterocycles. The van der Waals surface area contributed by atoms with Crippen LogP contribution in [0.15, 0.2) is 22.7 Å². The van der Waals surface area contributed by atoms with Gasteiger partial charge in [0.05, 0.1) is 0 Å². The fourth-order valence-corrected chi connectivity index (χ4v) is 2.19. The predicted octanol–water partition coefficient (Wildman–Crippen LogP) is 3.53. The number of carbonyl (C=O) groups is 1. The molecular formula is C16H17F2N3O3. The molecule has 6 nitrogen and oxygen atoms in total. The minimum Gasteiger partial charge on any atom is -0.444 e. The summed E-state index contributed by atoms with van der Waals surface area (Å²) in [5.74, 6) is -1.60. The maximum Gasteiger partial charge on any atom is 0.408 e. The van der Waals surface area contributed by atoms with E-state index in [0.717, 1.165) is 12.1 Å². The molecule has 1 aromatic carbocycles. The van der Waals surface area contributed by atoms with Crippen LogP contribution in [0, 0.1) is 11.6 Å². The van der Waals surface area contributed by atoms with Crippen LogP contribution in [0.25, 0.3) is 11.4 Å². The molecule has 1 saturated carbocycles.